The van der Waals surface area contributed by atoms with Gasteiger partial charge in [0.2, 0.25) is 0 Å². The van der Waals surface area contributed by atoms with Gasteiger partial charge in [0, 0.05) is 19.1 Å². The van der Waals surface area contributed by atoms with Gasteiger partial charge in [0.05, 0.1) is 6.54 Å². The number of nitrogens with one attached hydrogen (secondary N) is 1. The second-order valence-corrected chi connectivity index (χ2v) is 6.24. The van der Waals surface area contributed by atoms with Crippen molar-refractivity contribution < 1.29 is 13.2 Å². The molecule has 5 heteroatoms. The van der Waals surface area contributed by atoms with Crippen molar-refractivity contribution >= 4 is 0 Å². The molecule has 2 nitrogen and oxygen atoms in total. The molecule has 0 aliphatic heterocycles. The first kappa shape index (κ1) is 17.7. The van der Waals surface area contributed by atoms with Crippen molar-refractivity contribution in [1.29, 1.82) is 0 Å². The Kier molecular flexibility index (Phi) is 7.22. The van der Waals surface area contributed by atoms with Crippen molar-refractivity contribution in [2.24, 2.45) is 5.41 Å². The van der Waals surface area contributed by atoms with Gasteiger partial charge in [0.25, 0.3) is 0 Å². The maximum Gasteiger partial charge on any atom is 0.401 e. The molecule has 0 bridgehead atoms. The normalized spacial score (nSPS) is 13.7. The highest BCUT2D eigenvalue weighted by Gasteiger charge is 2.31. The fraction of sp³-hybridized carbons (Fsp3) is 1.00. The third kappa shape index (κ3) is 10.8. The van der Waals surface area contributed by atoms with Crippen molar-refractivity contribution in [1.82, 2.24) is 10.2 Å². The minimum Gasteiger partial charge on any atom is -0.315 e. The molecule has 0 aromatic heterocycles. The van der Waals surface area contributed by atoms with Crippen LogP contribution in [-0.4, -0.2) is 43.3 Å². The van der Waals surface area contributed by atoms with Crippen molar-refractivity contribution in [3.8, 4) is 0 Å². The van der Waals surface area contributed by atoms with Gasteiger partial charge in [0.15, 0.2) is 0 Å². The molecule has 0 spiro atoms. The van der Waals surface area contributed by atoms with Gasteiger partial charge in [-0.2, -0.15) is 13.2 Å². The second kappa shape index (κ2) is 7.34. The predicted molar refractivity (Wildman–Crippen MR) is 69.7 cm³/mol. The average Bonchev–Trinajstić information content (AvgIpc) is 2.11. The summed E-state index contributed by atoms with van der Waals surface area (Å²) in [5.41, 5.74) is 0.261. The van der Waals surface area contributed by atoms with E-state index in [1.165, 1.54) is 4.90 Å². The summed E-state index contributed by atoms with van der Waals surface area (Å²) in [5.74, 6) is 0. The lowest BCUT2D eigenvalue weighted by Crippen LogP contribution is -2.42. The van der Waals surface area contributed by atoms with Gasteiger partial charge in [-0.05, 0) is 32.2 Å². The van der Waals surface area contributed by atoms with Crippen LogP contribution in [0.4, 0.5) is 13.2 Å². The summed E-state index contributed by atoms with van der Waals surface area (Å²) >= 11 is 0. The van der Waals surface area contributed by atoms with Crippen molar-refractivity contribution in [3.63, 3.8) is 0 Å². The van der Waals surface area contributed by atoms with E-state index in [2.05, 4.69) is 26.1 Å². The lowest BCUT2D eigenvalue weighted by molar-refractivity contribution is -0.149. The lowest BCUT2D eigenvalue weighted by atomic mass is 9.92. The first-order valence-electron chi connectivity index (χ1n) is 6.53. The molecule has 0 saturated carbocycles. The third-order valence-corrected chi connectivity index (χ3v) is 2.74. The van der Waals surface area contributed by atoms with E-state index < -0.39 is 12.7 Å². The molecule has 0 atom stereocenters. The second-order valence-electron chi connectivity index (χ2n) is 6.24. The van der Waals surface area contributed by atoms with Gasteiger partial charge < -0.3 is 5.32 Å². The van der Waals surface area contributed by atoms with Gasteiger partial charge in [-0.25, -0.2) is 0 Å². The summed E-state index contributed by atoms with van der Waals surface area (Å²) in [6.45, 7) is 11.1. The molecule has 0 aliphatic rings. The van der Waals surface area contributed by atoms with Crippen LogP contribution in [0.1, 0.15) is 41.0 Å². The number of alkyl halides is 3. The van der Waals surface area contributed by atoms with E-state index in [1.807, 2.05) is 0 Å². The van der Waals surface area contributed by atoms with Crippen molar-refractivity contribution in [3.05, 3.63) is 0 Å². The van der Waals surface area contributed by atoms with Crippen LogP contribution in [0.2, 0.25) is 0 Å². The van der Waals surface area contributed by atoms with Crippen LogP contribution in [-0.2, 0) is 0 Å². The van der Waals surface area contributed by atoms with Gasteiger partial charge in [0.1, 0.15) is 0 Å². The first-order valence-corrected chi connectivity index (χ1v) is 6.53. The summed E-state index contributed by atoms with van der Waals surface area (Å²) < 4.78 is 37.0. The minimum absolute atomic E-state index is 0.0870. The van der Waals surface area contributed by atoms with Crippen LogP contribution < -0.4 is 5.32 Å². The Bertz CT molecular complexity index is 219. The van der Waals surface area contributed by atoms with Crippen LogP contribution in [0, 0.1) is 5.41 Å². The molecule has 0 amide bonds. The quantitative estimate of drug-likeness (QED) is 0.713. The zero-order valence-electron chi connectivity index (χ0n) is 12.2. The minimum atomic E-state index is -4.12. The summed E-state index contributed by atoms with van der Waals surface area (Å²) in [7, 11) is 0. The summed E-state index contributed by atoms with van der Waals surface area (Å²) in [5, 5.41) is 3.20. The summed E-state index contributed by atoms with van der Waals surface area (Å²) in [6, 6.07) is -0.0870. The molecular formula is C13H27F3N2. The fourth-order valence-electron chi connectivity index (χ4n) is 1.56. The maximum absolute atomic E-state index is 12.3. The number of halogens is 3. The van der Waals surface area contributed by atoms with Crippen LogP contribution in [0.5, 0.6) is 0 Å². The molecule has 0 unspecified atom stereocenters. The number of hydrogen-bond donors (Lipinski definition) is 1. The Morgan fingerprint density at radius 1 is 1.06 bits per heavy atom. The molecule has 18 heavy (non-hydrogen) atoms. The molecule has 0 aliphatic carbocycles. The highest BCUT2D eigenvalue weighted by atomic mass is 19.4. The van der Waals surface area contributed by atoms with Crippen LogP contribution in [0.3, 0.4) is 0 Å². The molecule has 0 radical (unpaired) electrons. The van der Waals surface area contributed by atoms with E-state index >= 15 is 0 Å². The highest BCUT2D eigenvalue weighted by molar-refractivity contribution is 4.69. The van der Waals surface area contributed by atoms with Gasteiger partial charge in [-0.1, -0.05) is 20.8 Å². The molecule has 110 valence electrons. The molecule has 0 aromatic rings. The number of hydrogen-bond acceptors (Lipinski definition) is 2. The summed E-state index contributed by atoms with van der Waals surface area (Å²) in [4.78, 5) is 1.45. The molecule has 1 N–H and O–H groups in total. The van der Waals surface area contributed by atoms with Crippen molar-refractivity contribution in [2.75, 3.05) is 26.2 Å². The summed E-state index contributed by atoms with van der Waals surface area (Å²) in [6.07, 6.45) is -3.09. The van der Waals surface area contributed by atoms with Crippen LogP contribution in [0.15, 0.2) is 0 Å². The molecule has 0 aromatic carbocycles. The Morgan fingerprint density at radius 3 is 2.00 bits per heavy atom. The monoisotopic (exact) mass is 268 g/mol. The third-order valence-electron chi connectivity index (χ3n) is 2.74. The predicted octanol–water partition coefficient (Wildman–Crippen LogP) is 3.28. The fourth-order valence-corrected chi connectivity index (χ4v) is 1.56. The lowest BCUT2D eigenvalue weighted by Gasteiger charge is -2.27. The zero-order valence-corrected chi connectivity index (χ0v) is 12.2. The molecular weight excluding hydrogens is 241 g/mol. The van der Waals surface area contributed by atoms with Crippen LogP contribution in [0.25, 0.3) is 0 Å². The molecule has 0 heterocycles. The van der Waals surface area contributed by atoms with Crippen LogP contribution >= 0.6 is 0 Å². The van der Waals surface area contributed by atoms with E-state index in [1.54, 1.807) is 13.8 Å². The standard InChI is InChI=1S/C13H27F3N2/c1-11(2)18(10-13(14,15)16)9-8-17-7-6-12(3,4)5/h11,17H,6-10H2,1-5H3. The Labute approximate surface area is 109 Å². The Hall–Kier alpha value is -0.290. The maximum atomic E-state index is 12.3. The Balaban J connectivity index is 3.85. The van der Waals surface area contributed by atoms with E-state index in [0.29, 0.717) is 13.1 Å². The van der Waals surface area contributed by atoms with Gasteiger partial charge in [-0.15, -0.1) is 0 Å². The van der Waals surface area contributed by atoms with E-state index in [0.717, 1.165) is 13.0 Å². The number of nitrogens with zero attached hydrogens (tertiary/aromatic N) is 1. The number of rotatable bonds is 7. The SMILES string of the molecule is CC(C)N(CCNCCC(C)(C)C)CC(F)(F)F. The molecule has 0 rings (SSSR count). The first-order chi connectivity index (χ1) is 8.01. The zero-order chi connectivity index (χ0) is 14.4. The molecule has 0 fully saturated rings. The average molecular weight is 268 g/mol. The largest absolute Gasteiger partial charge is 0.401 e. The Morgan fingerprint density at radius 2 is 1.61 bits per heavy atom. The van der Waals surface area contributed by atoms with E-state index in [9.17, 15) is 13.2 Å². The van der Waals surface area contributed by atoms with E-state index in [4.69, 9.17) is 0 Å². The van der Waals surface area contributed by atoms with Gasteiger partial charge in [-0.3, -0.25) is 4.90 Å². The van der Waals surface area contributed by atoms with E-state index in [-0.39, 0.29) is 11.5 Å². The molecule has 0 saturated heterocycles. The highest BCUT2D eigenvalue weighted by Crippen LogP contribution is 2.18. The smallest absolute Gasteiger partial charge is 0.315 e. The van der Waals surface area contributed by atoms with Crippen molar-refractivity contribution in [2.45, 2.75) is 53.3 Å². The topological polar surface area (TPSA) is 15.3 Å². The van der Waals surface area contributed by atoms with Gasteiger partial charge >= 0.3 is 6.18 Å².